The van der Waals surface area contributed by atoms with Gasteiger partial charge in [-0.2, -0.15) is 0 Å². The van der Waals surface area contributed by atoms with E-state index in [1.807, 2.05) is 0 Å². The molecule has 1 saturated heterocycles. The molecule has 1 saturated carbocycles. The van der Waals surface area contributed by atoms with E-state index in [1.165, 1.54) is 48.0 Å². The van der Waals surface area contributed by atoms with Crippen LogP contribution in [0.5, 0.6) is 11.5 Å². The summed E-state index contributed by atoms with van der Waals surface area (Å²) in [5.41, 5.74) is 6.02. The standard InChI is InChI=1S/C39H52N2O3.ClH/c1-3-19-39(20-4-2)34-18-25-41(24-10-14-30-12-6-5-7-13-30)29-33(34)38-35(27-32(26-31-16-17-31)28-36(38)44-39)43-37(42)15-11-23-40-21-8-9-22-40;/h5-7,10,12-14,27-28,31H,3-4,8-9,11,15-26,29H2,1-2H3;1H. The van der Waals surface area contributed by atoms with E-state index < -0.39 is 0 Å². The SMILES string of the molecule is CCCC1(CCC)Oc2cc(CC3CC3)cc(OC(=O)CCCN3CCCC3)c2C2=C1CCN(CC=Cc1ccccc1)C2.Cl. The number of esters is 1. The second-order valence-corrected chi connectivity index (χ2v) is 13.6. The predicted octanol–water partition coefficient (Wildman–Crippen LogP) is 8.75. The molecular formula is C39H53ClN2O3. The zero-order chi connectivity index (χ0) is 30.4. The maximum absolute atomic E-state index is 13.3. The fourth-order valence-corrected chi connectivity index (χ4v) is 7.72. The van der Waals surface area contributed by atoms with E-state index in [2.05, 4.69) is 78.3 Å². The lowest BCUT2D eigenvalue weighted by Crippen LogP contribution is -2.46. The number of carbonyl (C=O) groups excluding carboxylic acids is 1. The van der Waals surface area contributed by atoms with Gasteiger partial charge in [0.1, 0.15) is 17.1 Å². The van der Waals surface area contributed by atoms with Gasteiger partial charge in [0.25, 0.3) is 0 Å². The van der Waals surface area contributed by atoms with Crippen LogP contribution in [0, 0.1) is 5.92 Å². The van der Waals surface area contributed by atoms with Crippen molar-refractivity contribution in [2.24, 2.45) is 5.92 Å². The van der Waals surface area contributed by atoms with Crippen LogP contribution in [-0.2, 0) is 11.2 Å². The van der Waals surface area contributed by atoms with Crippen molar-refractivity contribution in [1.82, 2.24) is 9.80 Å². The fraction of sp³-hybridized carbons (Fsp3) is 0.564. The molecule has 0 atom stereocenters. The quantitative estimate of drug-likeness (QED) is 0.154. The molecule has 6 heteroatoms. The van der Waals surface area contributed by atoms with Crippen molar-refractivity contribution in [2.45, 2.75) is 96.5 Å². The summed E-state index contributed by atoms with van der Waals surface area (Å²) in [7, 11) is 0. The van der Waals surface area contributed by atoms with E-state index in [1.54, 1.807) is 0 Å². The van der Waals surface area contributed by atoms with Gasteiger partial charge in [-0.25, -0.2) is 0 Å². The van der Waals surface area contributed by atoms with Gasteiger partial charge in [0.2, 0.25) is 0 Å². The number of benzene rings is 2. The van der Waals surface area contributed by atoms with Crippen molar-refractivity contribution in [3.05, 3.63) is 70.8 Å². The summed E-state index contributed by atoms with van der Waals surface area (Å²) in [5, 5.41) is 0. The molecule has 1 aliphatic carbocycles. The molecule has 5 nitrogen and oxygen atoms in total. The van der Waals surface area contributed by atoms with Crippen molar-refractivity contribution >= 4 is 30.0 Å². The van der Waals surface area contributed by atoms with Crippen LogP contribution in [0.2, 0.25) is 0 Å². The molecule has 45 heavy (non-hydrogen) atoms. The Hall–Kier alpha value is -2.60. The molecule has 3 aliphatic heterocycles. The summed E-state index contributed by atoms with van der Waals surface area (Å²) in [6, 6.07) is 15.0. The van der Waals surface area contributed by atoms with Gasteiger partial charge in [-0.05, 0) is 118 Å². The first-order valence-electron chi connectivity index (χ1n) is 17.5. The average Bonchev–Trinajstić information content (AvgIpc) is 3.67. The third-order valence-electron chi connectivity index (χ3n) is 9.99. The molecule has 0 amide bonds. The molecule has 6 rings (SSSR count). The van der Waals surface area contributed by atoms with Gasteiger partial charge < -0.3 is 14.4 Å². The third-order valence-corrected chi connectivity index (χ3v) is 9.99. The molecule has 0 N–H and O–H groups in total. The first kappa shape index (κ1) is 33.8. The maximum atomic E-state index is 13.3. The molecule has 0 spiro atoms. The number of halogens is 1. The molecule has 2 fully saturated rings. The van der Waals surface area contributed by atoms with Crippen LogP contribution >= 0.6 is 12.4 Å². The first-order chi connectivity index (χ1) is 21.6. The van der Waals surface area contributed by atoms with E-state index in [0.29, 0.717) is 6.42 Å². The molecule has 0 aromatic heterocycles. The lowest BCUT2D eigenvalue weighted by Gasteiger charge is -2.46. The average molecular weight is 633 g/mol. The lowest BCUT2D eigenvalue weighted by molar-refractivity contribution is -0.134. The molecule has 0 radical (unpaired) electrons. The monoisotopic (exact) mass is 632 g/mol. The Morgan fingerprint density at radius 2 is 1.78 bits per heavy atom. The summed E-state index contributed by atoms with van der Waals surface area (Å²) in [4.78, 5) is 18.3. The second-order valence-electron chi connectivity index (χ2n) is 13.6. The van der Waals surface area contributed by atoms with Gasteiger partial charge in [-0.3, -0.25) is 9.69 Å². The van der Waals surface area contributed by atoms with Crippen molar-refractivity contribution in [2.75, 3.05) is 39.3 Å². The van der Waals surface area contributed by atoms with Crippen LogP contribution in [0.15, 0.2) is 54.1 Å². The summed E-state index contributed by atoms with van der Waals surface area (Å²) in [6.07, 6.45) is 17.2. The molecule has 4 aliphatic rings. The molecule has 244 valence electrons. The van der Waals surface area contributed by atoms with Crippen molar-refractivity contribution in [3.63, 3.8) is 0 Å². The Balaban J connectivity index is 0.00000400. The highest BCUT2D eigenvalue weighted by molar-refractivity contribution is 5.85. The minimum Gasteiger partial charge on any atom is -0.482 e. The van der Waals surface area contributed by atoms with Crippen molar-refractivity contribution in [3.8, 4) is 11.5 Å². The van der Waals surface area contributed by atoms with E-state index in [0.717, 1.165) is 107 Å². The number of nitrogens with zero attached hydrogens (tertiary/aromatic N) is 2. The van der Waals surface area contributed by atoms with Crippen molar-refractivity contribution in [1.29, 1.82) is 0 Å². The minimum absolute atomic E-state index is 0. The van der Waals surface area contributed by atoms with Crippen LogP contribution in [0.1, 0.15) is 101 Å². The van der Waals surface area contributed by atoms with Gasteiger partial charge in [-0.1, -0.05) is 69.2 Å². The molecule has 0 unspecified atom stereocenters. The van der Waals surface area contributed by atoms with Crippen LogP contribution in [0.3, 0.4) is 0 Å². The number of hydrogen-bond acceptors (Lipinski definition) is 5. The Morgan fingerprint density at radius 3 is 2.49 bits per heavy atom. The lowest BCUT2D eigenvalue weighted by atomic mass is 9.75. The Labute approximate surface area is 277 Å². The highest BCUT2D eigenvalue weighted by Gasteiger charge is 2.44. The fourth-order valence-electron chi connectivity index (χ4n) is 7.72. The highest BCUT2D eigenvalue weighted by atomic mass is 35.5. The normalized spacial score (nSPS) is 19.6. The van der Waals surface area contributed by atoms with Crippen molar-refractivity contribution < 1.29 is 14.3 Å². The van der Waals surface area contributed by atoms with E-state index in [-0.39, 0.29) is 24.0 Å². The molecule has 3 heterocycles. The number of fused-ring (bicyclic) bond motifs is 2. The summed E-state index contributed by atoms with van der Waals surface area (Å²) in [5.74, 6) is 2.29. The number of rotatable bonds is 14. The van der Waals surface area contributed by atoms with Gasteiger partial charge in [0, 0.05) is 26.1 Å². The summed E-state index contributed by atoms with van der Waals surface area (Å²) < 4.78 is 13.5. The Bertz CT molecular complexity index is 1340. The Kier molecular flexibility index (Phi) is 11.9. The summed E-state index contributed by atoms with van der Waals surface area (Å²) in [6.45, 7) is 10.6. The van der Waals surface area contributed by atoms with Crippen LogP contribution in [0.25, 0.3) is 11.6 Å². The maximum Gasteiger partial charge on any atom is 0.311 e. The summed E-state index contributed by atoms with van der Waals surface area (Å²) >= 11 is 0. The number of carbonyl (C=O) groups is 1. The Morgan fingerprint density at radius 1 is 1.02 bits per heavy atom. The topological polar surface area (TPSA) is 42.0 Å². The smallest absolute Gasteiger partial charge is 0.311 e. The molecule has 0 bridgehead atoms. The van der Waals surface area contributed by atoms with E-state index >= 15 is 0 Å². The minimum atomic E-state index is -0.271. The molecular weight excluding hydrogens is 580 g/mol. The van der Waals surface area contributed by atoms with Crippen LogP contribution < -0.4 is 9.47 Å². The molecule has 2 aromatic rings. The molecule has 2 aromatic carbocycles. The number of hydrogen-bond donors (Lipinski definition) is 0. The van der Waals surface area contributed by atoms with E-state index in [4.69, 9.17) is 9.47 Å². The van der Waals surface area contributed by atoms with Gasteiger partial charge >= 0.3 is 5.97 Å². The first-order valence-corrected chi connectivity index (χ1v) is 17.5. The number of ether oxygens (including phenoxy) is 2. The second kappa shape index (κ2) is 15.8. The van der Waals surface area contributed by atoms with E-state index in [9.17, 15) is 4.79 Å². The van der Waals surface area contributed by atoms with Gasteiger partial charge in [0.15, 0.2) is 0 Å². The van der Waals surface area contributed by atoms with Crippen LogP contribution in [0.4, 0.5) is 0 Å². The number of likely N-dealkylation sites (tertiary alicyclic amines) is 1. The zero-order valence-electron chi connectivity index (χ0n) is 27.5. The third kappa shape index (κ3) is 8.41. The zero-order valence-corrected chi connectivity index (χ0v) is 28.3. The largest absolute Gasteiger partial charge is 0.482 e. The predicted molar refractivity (Wildman–Crippen MR) is 187 cm³/mol. The van der Waals surface area contributed by atoms with Gasteiger partial charge in [0.05, 0.1) is 5.56 Å². The highest BCUT2D eigenvalue weighted by Crippen LogP contribution is 2.52. The van der Waals surface area contributed by atoms with Gasteiger partial charge in [-0.15, -0.1) is 12.4 Å². The van der Waals surface area contributed by atoms with Crippen LogP contribution in [-0.4, -0.2) is 60.6 Å².